The number of carboxylic acids is 1. The molecule has 31 heavy (non-hydrogen) atoms. The van der Waals surface area contributed by atoms with E-state index >= 15 is 0 Å². The summed E-state index contributed by atoms with van der Waals surface area (Å²) in [4.78, 5) is 18.2. The Bertz CT molecular complexity index is 1110. The van der Waals surface area contributed by atoms with Crippen LogP contribution < -0.4 is 5.32 Å². The number of nitrogens with zero attached hydrogens (tertiary/aromatic N) is 2. The normalized spacial score (nSPS) is 21.4. The second-order valence-electron chi connectivity index (χ2n) is 8.06. The highest BCUT2D eigenvalue weighted by atomic mass is 32.1. The van der Waals surface area contributed by atoms with Gasteiger partial charge in [-0.1, -0.05) is 31.0 Å². The molecule has 0 radical (unpaired) electrons. The van der Waals surface area contributed by atoms with Gasteiger partial charge in [0, 0.05) is 17.8 Å². The number of carboxylic acid groups (broad SMARTS) is 1. The minimum atomic E-state index is -0.957. The molecule has 158 valence electrons. The zero-order valence-electron chi connectivity index (χ0n) is 16.9. The molecule has 7 heteroatoms. The van der Waals surface area contributed by atoms with Crippen molar-refractivity contribution in [2.24, 2.45) is 0 Å². The maximum absolute atomic E-state index is 11.4. The Hall–Kier alpha value is -3.19. The van der Waals surface area contributed by atoms with E-state index in [1.54, 1.807) is 24.4 Å². The molecule has 5 rings (SSSR count). The number of carbonyl (C=O) groups is 1. The predicted octanol–water partition coefficient (Wildman–Crippen LogP) is 4.95. The molecule has 2 fully saturated rings. The minimum Gasteiger partial charge on any atom is -0.478 e. The third-order valence-corrected chi connectivity index (χ3v) is 6.49. The van der Waals surface area contributed by atoms with Crippen LogP contribution in [-0.4, -0.2) is 32.1 Å². The van der Waals surface area contributed by atoms with E-state index < -0.39 is 5.97 Å². The van der Waals surface area contributed by atoms with E-state index in [1.807, 2.05) is 36.4 Å². The molecule has 0 spiro atoms. The molecule has 1 aromatic carbocycles. The number of nitrogens with one attached hydrogen (secondary N) is 1. The number of hydrogen-bond acceptors (Lipinski definition) is 4. The summed E-state index contributed by atoms with van der Waals surface area (Å²) >= 11 is 5.76. The topological polar surface area (TPSA) is 78.6 Å². The number of hydrogen-bond donors (Lipinski definition) is 2. The van der Waals surface area contributed by atoms with E-state index in [2.05, 4.69) is 15.2 Å². The number of furan rings is 1. The molecule has 1 aliphatic heterocycles. The predicted molar refractivity (Wildman–Crippen MR) is 121 cm³/mol. The summed E-state index contributed by atoms with van der Waals surface area (Å²) in [6, 6.07) is 16.7. The van der Waals surface area contributed by atoms with Crippen molar-refractivity contribution in [2.75, 3.05) is 0 Å². The van der Waals surface area contributed by atoms with Crippen LogP contribution in [0.25, 0.3) is 11.3 Å². The summed E-state index contributed by atoms with van der Waals surface area (Å²) < 4.78 is 6.32. The van der Waals surface area contributed by atoms with Gasteiger partial charge in [-0.2, -0.15) is 0 Å². The second-order valence-corrected chi connectivity index (χ2v) is 8.45. The van der Waals surface area contributed by atoms with Gasteiger partial charge in [0.2, 0.25) is 0 Å². The SMILES string of the molecule is O=C(O)c1cccc(-c2ccc(C3C(c4ccccn4)NC(=S)N3C3CCCC3)o2)c1. The minimum absolute atomic E-state index is 0.109. The van der Waals surface area contributed by atoms with E-state index in [4.69, 9.17) is 16.6 Å². The maximum Gasteiger partial charge on any atom is 0.335 e. The second kappa shape index (κ2) is 8.15. The third kappa shape index (κ3) is 3.70. The van der Waals surface area contributed by atoms with Crippen molar-refractivity contribution >= 4 is 23.3 Å². The highest BCUT2D eigenvalue weighted by Crippen LogP contribution is 2.44. The quantitative estimate of drug-likeness (QED) is 0.551. The van der Waals surface area contributed by atoms with Crippen molar-refractivity contribution in [2.45, 2.75) is 43.8 Å². The Morgan fingerprint density at radius 2 is 1.97 bits per heavy atom. The van der Waals surface area contributed by atoms with E-state index in [1.165, 1.54) is 12.8 Å². The van der Waals surface area contributed by atoms with Gasteiger partial charge in [-0.25, -0.2) is 4.79 Å². The molecule has 1 aliphatic carbocycles. The Morgan fingerprint density at radius 3 is 2.71 bits per heavy atom. The highest BCUT2D eigenvalue weighted by Gasteiger charge is 2.45. The monoisotopic (exact) mass is 433 g/mol. The van der Waals surface area contributed by atoms with Crippen molar-refractivity contribution in [3.63, 3.8) is 0 Å². The van der Waals surface area contributed by atoms with Crippen molar-refractivity contribution in [1.82, 2.24) is 15.2 Å². The van der Waals surface area contributed by atoms with Gasteiger partial charge in [0.05, 0.1) is 17.3 Å². The number of pyridine rings is 1. The molecular weight excluding hydrogens is 410 g/mol. The Balaban J connectivity index is 1.54. The summed E-state index contributed by atoms with van der Waals surface area (Å²) in [6.07, 6.45) is 6.43. The molecule has 0 amide bonds. The molecule has 0 bridgehead atoms. The van der Waals surface area contributed by atoms with Crippen LogP contribution in [-0.2, 0) is 0 Å². The van der Waals surface area contributed by atoms with Crippen LogP contribution >= 0.6 is 12.2 Å². The average molecular weight is 434 g/mol. The fraction of sp³-hybridized carbons (Fsp3) is 0.292. The van der Waals surface area contributed by atoms with Gasteiger partial charge < -0.3 is 19.7 Å². The molecule has 1 saturated carbocycles. The Labute approximate surface area is 185 Å². The molecule has 2 aromatic heterocycles. The van der Waals surface area contributed by atoms with Gasteiger partial charge in [-0.05, 0) is 61.5 Å². The summed E-state index contributed by atoms with van der Waals surface area (Å²) in [6.45, 7) is 0. The standard InChI is InChI=1S/C24H23N3O3S/c28-23(29)16-7-5-6-15(14-16)19-11-12-20(30-19)22-21(18-10-3-4-13-25-18)26-24(31)27(22)17-8-1-2-9-17/h3-7,10-14,17,21-22H,1-2,8-9H2,(H,26,31)(H,28,29). The number of aromatic carboxylic acids is 1. The summed E-state index contributed by atoms with van der Waals surface area (Å²) in [7, 11) is 0. The Morgan fingerprint density at radius 1 is 1.13 bits per heavy atom. The first-order valence-electron chi connectivity index (χ1n) is 10.5. The average Bonchev–Trinajstić information content (AvgIpc) is 3.54. The van der Waals surface area contributed by atoms with Crippen molar-refractivity contribution in [1.29, 1.82) is 0 Å². The van der Waals surface area contributed by atoms with E-state index in [9.17, 15) is 9.90 Å². The summed E-state index contributed by atoms with van der Waals surface area (Å²) in [5.41, 5.74) is 1.89. The van der Waals surface area contributed by atoms with Crippen LogP contribution in [0.5, 0.6) is 0 Å². The van der Waals surface area contributed by atoms with Gasteiger partial charge in [0.15, 0.2) is 5.11 Å². The molecule has 2 atom stereocenters. The van der Waals surface area contributed by atoms with Gasteiger partial charge in [0.25, 0.3) is 0 Å². The number of rotatable bonds is 5. The lowest BCUT2D eigenvalue weighted by Crippen LogP contribution is -2.37. The van der Waals surface area contributed by atoms with Crippen molar-refractivity contribution in [3.05, 3.63) is 77.8 Å². The van der Waals surface area contributed by atoms with Gasteiger partial charge in [0.1, 0.15) is 17.6 Å². The molecule has 3 aromatic rings. The third-order valence-electron chi connectivity index (χ3n) is 6.17. The number of aromatic nitrogens is 1. The van der Waals surface area contributed by atoms with Gasteiger partial charge >= 0.3 is 5.97 Å². The summed E-state index contributed by atoms with van der Waals surface area (Å²) in [5, 5.41) is 13.5. The van der Waals surface area contributed by atoms with Gasteiger partial charge in [-0.15, -0.1) is 0 Å². The lowest BCUT2D eigenvalue weighted by Gasteiger charge is -2.31. The van der Waals surface area contributed by atoms with Crippen molar-refractivity contribution < 1.29 is 14.3 Å². The maximum atomic E-state index is 11.4. The summed E-state index contributed by atoms with van der Waals surface area (Å²) in [5.74, 6) is 0.481. The van der Waals surface area contributed by atoms with Crippen LogP contribution in [0.2, 0.25) is 0 Å². The zero-order valence-corrected chi connectivity index (χ0v) is 17.7. The first-order valence-corrected chi connectivity index (χ1v) is 11.0. The molecule has 2 aliphatic rings. The fourth-order valence-corrected chi connectivity index (χ4v) is 5.11. The zero-order chi connectivity index (χ0) is 21.4. The highest BCUT2D eigenvalue weighted by molar-refractivity contribution is 7.80. The van der Waals surface area contributed by atoms with Crippen LogP contribution in [0.1, 0.15) is 59.6 Å². The Kier molecular flexibility index (Phi) is 5.19. The molecule has 2 unspecified atom stereocenters. The number of thiocarbonyl (C=S) groups is 1. The van der Waals surface area contributed by atoms with Crippen molar-refractivity contribution in [3.8, 4) is 11.3 Å². The largest absolute Gasteiger partial charge is 0.478 e. The van der Waals surface area contributed by atoms with Gasteiger partial charge in [-0.3, -0.25) is 4.98 Å². The first kappa shape index (κ1) is 19.8. The lowest BCUT2D eigenvalue weighted by molar-refractivity contribution is 0.0697. The lowest BCUT2D eigenvalue weighted by atomic mass is 10.0. The molecule has 6 nitrogen and oxygen atoms in total. The van der Waals surface area contributed by atoms with E-state index in [0.29, 0.717) is 11.8 Å². The smallest absolute Gasteiger partial charge is 0.335 e. The first-order chi connectivity index (χ1) is 15.1. The molecule has 1 saturated heterocycles. The van der Waals surface area contributed by atoms with Crippen LogP contribution in [0.15, 0.2) is 65.2 Å². The van der Waals surface area contributed by atoms with E-state index in [0.717, 1.165) is 35.0 Å². The van der Waals surface area contributed by atoms with Crippen LogP contribution in [0.4, 0.5) is 0 Å². The number of benzene rings is 1. The fourth-order valence-electron chi connectivity index (χ4n) is 4.72. The van der Waals surface area contributed by atoms with E-state index in [-0.39, 0.29) is 17.6 Å². The van der Waals surface area contributed by atoms with Crippen LogP contribution in [0.3, 0.4) is 0 Å². The van der Waals surface area contributed by atoms with Crippen LogP contribution in [0, 0.1) is 0 Å². The molecular formula is C24H23N3O3S. The molecule has 2 N–H and O–H groups in total. The molecule has 3 heterocycles.